The lowest BCUT2D eigenvalue weighted by Crippen LogP contribution is -2.41. The molecule has 1 heteroatoms. The summed E-state index contributed by atoms with van der Waals surface area (Å²) in [5.74, 6) is 0.965. The van der Waals surface area contributed by atoms with Gasteiger partial charge in [-0.2, -0.15) is 0 Å². The van der Waals surface area contributed by atoms with Crippen molar-refractivity contribution >= 4 is 5.78 Å². The fourth-order valence-electron chi connectivity index (χ4n) is 5.28. The van der Waals surface area contributed by atoms with E-state index in [4.69, 9.17) is 0 Å². The van der Waals surface area contributed by atoms with Gasteiger partial charge in [0.1, 0.15) is 5.78 Å². The van der Waals surface area contributed by atoms with Gasteiger partial charge in [0, 0.05) is 16.7 Å². The average Bonchev–Trinajstić information content (AvgIpc) is 2.84. The Hall–Kier alpha value is -1.63. The first kappa shape index (κ1) is 14.0. The van der Waals surface area contributed by atoms with Gasteiger partial charge >= 0.3 is 0 Å². The Labute approximate surface area is 133 Å². The Morgan fingerprint density at radius 3 is 2.77 bits per heavy atom. The Balaban J connectivity index is 1.86. The summed E-state index contributed by atoms with van der Waals surface area (Å²) in [7, 11) is 0. The van der Waals surface area contributed by atoms with Gasteiger partial charge in [0.25, 0.3) is 0 Å². The van der Waals surface area contributed by atoms with Crippen molar-refractivity contribution in [3.63, 3.8) is 0 Å². The lowest BCUT2D eigenvalue weighted by Gasteiger charge is -2.49. The zero-order valence-corrected chi connectivity index (χ0v) is 13.7. The van der Waals surface area contributed by atoms with Crippen molar-refractivity contribution in [1.82, 2.24) is 0 Å². The molecule has 0 N–H and O–H groups in total. The molecule has 0 fully saturated rings. The standard InChI is InChI=1S/C21H24O/c1-14(22)17-9-10-18-16-8-7-15-6-4-5-12-20(15,2)19(16)11-13-21(17,18)3/h4-10,17,19H,11-13H2,1-3H3/t17-,19+,20+,21-/m1/s1. The molecular weight excluding hydrogens is 268 g/mol. The minimum absolute atomic E-state index is 0.0179. The van der Waals surface area contributed by atoms with Crippen LogP contribution in [0, 0.1) is 22.7 Å². The van der Waals surface area contributed by atoms with Gasteiger partial charge in [0.15, 0.2) is 0 Å². The molecule has 114 valence electrons. The van der Waals surface area contributed by atoms with E-state index in [1.54, 1.807) is 6.92 Å². The van der Waals surface area contributed by atoms with Crippen LogP contribution < -0.4 is 0 Å². The first-order valence-corrected chi connectivity index (χ1v) is 8.45. The highest BCUT2D eigenvalue weighted by Crippen LogP contribution is 2.60. The smallest absolute Gasteiger partial charge is 0.137 e. The molecule has 0 heterocycles. The van der Waals surface area contributed by atoms with Gasteiger partial charge in [-0.15, -0.1) is 0 Å². The molecule has 22 heavy (non-hydrogen) atoms. The second-order valence-electron chi connectivity index (χ2n) is 7.83. The molecule has 0 bridgehead atoms. The van der Waals surface area contributed by atoms with Crippen LogP contribution in [-0.2, 0) is 4.79 Å². The SMILES string of the molecule is CC(=O)[C@H]1C=CC2=C3C=CC4=CC=CC[C@]4(C)[C@H]3CC[C@@]21C. The first-order chi connectivity index (χ1) is 10.5. The van der Waals surface area contributed by atoms with Crippen LogP contribution >= 0.6 is 0 Å². The number of rotatable bonds is 1. The lowest BCUT2D eigenvalue weighted by molar-refractivity contribution is -0.121. The molecule has 0 saturated carbocycles. The summed E-state index contributed by atoms with van der Waals surface area (Å²) in [6.07, 6.45) is 19.2. The van der Waals surface area contributed by atoms with Gasteiger partial charge < -0.3 is 0 Å². The number of Topliss-reactive ketones (excluding diaryl/α,β-unsaturated/α-hetero) is 1. The van der Waals surface area contributed by atoms with Gasteiger partial charge in [-0.05, 0) is 48.8 Å². The summed E-state index contributed by atoms with van der Waals surface area (Å²) in [6.45, 7) is 6.45. The number of ketones is 1. The Morgan fingerprint density at radius 2 is 2.00 bits per heavy atom. The fraction of sp³-hybridized carbons (Fsp3) is 0.476. The Bertz CT molecular complexity index is 699. The lowest BCUT2D eigenvalue weighted by atomic mass is 9.54. The number of fused-ring (bicyclic) bond motifs is 4. The van der Waals surface area contributed by atoms with E-state index in [1.165, 1.54) is 23.1 Å². The molecule has 4 atom stereocenters. The van der Waals surface area contributed by atoms with E-state index < -0.39 is 0 Å². The third-order valence-electron chi connectivity index (χ3n) is 6.66. The zero-order valence-electron chi connectivity index (χ0n) is 13.7. The number of allylic oxidation sites excluding steroid dienone is 10. The van der Waals surface area contributed by atoms with Gasteiger partial charge in [0.2, 0.25) is 0 Å². The van der Waals surface area contributed by atoms with Crippen molar-refractivity contribution in [1.29, 1.82) is 0 Å². The normalized spacial score (nSPS) is 41.9. The first-order valence-electron chi connectivity index (χ1n) is 8.45. The van der Waals surface area contributed by atoms with Crippen LogP contribution in [0.1, 0.15) is 40.0 Å². The summed E-state index contributed by atoms with van der Waals surface area (Å²) < 4.78 is 0. The van der Waals surface area contributed by atoms with Crippen molar-refractivity contribution in [3.05, 3.63) is 59.3 Å². The summed E-state index contributed by atoms with van der Waals surface area (Å²) in [5, 5.41) is 0. The minimum Gasteiger partial charge on any atom is -0.299 e. The Morgan fingerprint density at radius 1 is 1.18 bits per heavy atom. The molecule has 0 aromatic rings. The van der Waals surface area contributed by atoms with Gasteiger partial charge in [-0.25, -0.2) is 0 Å². The number of carbonyl (C=O) groups is 1. The van der Waals surface area contributed by atoms with Crippen molar-refractivity contribution in [2.24, 2.45) is 22.7 Å². The quantitative estimate of drug-likeness (QED) is 0.669. The molecule has 0 aromatic carbocycles. The highest BCUT2D eigenvalue weighted by atomic mass is 16.1. The molecule has 0 aromatic heterocycles. The third kappa shape index (κ3) is 1.63. The molecule has 4 rings (SSSR count). The molecule has 4 aliphatic carbocycles. The summed E-state index contributed by atoms with van der Waals surface area (Å²) >= 11 is 0. The second-order valence-corrected chi connectivity index (χ2v) is 7.83. The van der Waals surface area contributed by atoms with Crippen molar-refractivity contribution < 1.29 is 4.79 Å². The van der Waals surface area contributed by atoms with Gasteiger partial charge in [0.05, 0.1) is 0 Å². The third-order valence-corrected chi connectivity index (χ3v) is 6.66. The van der Waals surface area contributed by atoms with Crippen LogP contribution in [0.3, 0.4) is 0 Å². The maximum Gasteiger partial charge on any atom is 0.137 e. The Kier molecular flexibility index (Phi) is 2.82. The van der Waals surface area contributed by atoms with E-state index >= 15 is 0 Å². The van der Waals surface area contributed by atoms with E-state index in [0.29, 0.717) is 11.7 Å². The fourth-order valence-corrected chi connectivity index (χ4v) is 5.28. The van der Waals surface area contributed by atoms with Crippen LogP contribution in [0.15, 0.2) is 59.3 Å². The van der Waals surface area contributed by atoms with E-state index in [2.05, 4.69) is 56.4 Å². The van der Waals surface area contributed by atoms with E-state index in [1.807, 2.05) is 0 Å². The number of hydrogen-bond acceptors (Lipinski definition) is 1. The minimum atomic E-state index is 0.0179. The van der Waals surface area contributed by atoms with E-state index in [-0.39, 0.29) is 16.7 Å². The van der Waals surface area contributed by atoms with Crippen molar-refractivity contribution in [2.45, 2.75) is 40.0 Å². The van der Waals surface area contributed by atoms with Gasteiger partial charge in [-0.1, -0.05) is 56.4 Å². The van der Waals surface area contributed by atoms with Crippen LogP contribution in [0.4, 0.5) is 0 Å². The molecule has 0 aliphatic heterocycles. The maximum absolute atomic E-state index is 12.0. The molecule has 4 aliphatic rings. The molecule has 0 amide bonds. The molecular formula is C21H24O. The summed E-state index contributed by atoms with van der Waals surface area (Å²) in [5.41, 5.74) is 4.64. The van der Waals surface area contributed by atoms with Crippen LogP contribution in [0.5, 0.6) is 0 Å². The van der Waals surface area contributed by atoms with E-state index in [0.717, 1.165) is 12.8 Å². The largest absolute Gasteiger partial charge is 0.299 e. The average molecular weight is 292 g/mol. The number of hydrogen-bond donors (Lipinski definition) is 0. The monoisotopic (exact) mass is 292 g/mol. The zero-order chi connectivity index (χ0) is 15.5. The second kappa shape index (κ2) is 4.44. The van der Waals surface area contributed by atoms with Crippen molar-refractivity contribution in [2.75, 3.05) is 0 Å². The predicted molar refractivity (Wildman–Crippen MR) is 90.3 cm³/mol. The van der Waals surface area contributed by atoms with Crippen LogP contribution in [0.25, 0.3) is 0 Å². The molecule has 1 nitrogen and oxygen atoms in total. The molecule has 0 saturated heterocycles. The predicted octanol–water partition coefficient (Wildman–Crippen LogP) is 4.94. The highest BCUT2D eigenvalue weighted by molar-refractivity contribution is 5.83. The molecule has 0 unspecified atom stereocenters. The van der Waals surface area contributed by atoms with E-state index in [9.17, 15) is 4.79 Å². The topological polar surface area (TPSA) is 17.1 Å². The van der Waals surface area contributed by atoms with Gasteiger partial charge in [-0.3, -0.25) is 4.79 Å². The van der Waals surface area contributed by atoms with Crippen LogP contribution in [0.2, 0.25) is 0 Å². The highest BCUT2D eigenvalue weighted by Gasteiger charge is 2.51. The van der Waals surface area contributed by atoms with Crippen molar-refractivity contribution in [3.8, 4) is 0 Å². The molecule has 0 spiro atoms. The van der Waals surface area contributed by atoms with Crippen LogP contribution in [-0.4, -0.2) is 5.78 Å². The summed E-state index contributed by atoms with van der Waals surface area (Å²) in [6, 6.07) is 0. The summed E-state index contributed by atoms with van der Waals surface area (Å²) in [4.78, 5) is 12.0. The number of carbonyl (C=O) groups excluding carboxylic acids is 1. The molecule has 0 radical (unpaired) electrons. The maximum atomic E-state index is 12.0.